The number of para-hydroxylation sites is 1. The van der Waals surface area contributed by atoms with Gasteiger partial charge >= 0.3 is 0 Å². The van der Waals surface area contributed by atoms with Crippen molar-refractivity contribution in [3.8, 4) is 16.9 Å². The molecule has 8 heteroatoms. The third-order valence-corrected chi connectivity index (χ3v) is 4.71. The second-order valence-electron chi connectivity index (χ2n) is 7.10. The predicted molar refractivity (Wildman–Crippen MR) is 117 cm³/mol. The number of hydrogen-bond acceptors (Lipinski definition) is 4. The lowest BCUT2D eigenvalue weighted by atomic mass is 10.1. The Hall–Kier alpha value is -4.33. The van der Waals surface area contributed by atoms with Crippen LogP contribution in [-0.4, -0.2) is 26.6 Å². The summed E-state index contributed by atoms with van der Waals surface area (Å²) in [6.07, 6.45) is 5.05. The highest BCUT2D eigenvalue weighted by molar-refractivity contribution is 5.85. The number of rotatable bonds is 6. The number of nitrogens with one attached hydrogen (secondary N) is 2. The molecule has 0 spiro atoms. The van der Waals surface area contributed by atoms with Crippen LogP contribution < -0.4 is 10.9 Å². The number of amides is 2. The first-order chi connectivity index (χ1) is 15.6. The van der Waals surface area contributed by atoms with Crippen molar-refractivity contribution in [2.45, 2.75) is 12.8 Å². The zero-order valence-electron chi connectivity index (χ0n) is 17.0. The fraction of sp³-hybridized carbons (Fsp3) is 0.0833. The van der Waals surface area contributed by atoms with Gasteiger partial charge in [-0.05, 0) is 48.0 Å². The number of aromatic nitrogens is 3. The summed E-state index contributed by atoms with van der Waals surface area (Å²) in [4.78, 5) is 28.6. The van der Waals surface area contributed by atoms with Gasteiger partial charge < -0.3 is 0 Å². The smallest absolute Gasteiger partial charge is 0.242 e. The second kappa shape index (κ2) is 9.65. The van der Waals surface area contributed by atoms with Gasteiger partial charge in [-0.3, -0.25) is 25.4 Å². The van der Waals surface area contributed by atoms with Gasteiger partial charge in [-0.15, -0.1) is 0 Å². The fourth-order valence-corrected chi connectivity index (χ4v) is 3.19. The molecule has 4 aromatic rings. The van der Waals surface area contributed by atoms with E-state index < -0.39 is 5.91 Å². The van der Waals surface area contributed by atoms with E-state index in [0.29, 0.717) is 16.8 Å². The molecule has 7 nitrogen and oxygen atoms in total. The molecule has 4 rings (SSSR count). The Morgan fingerprint density at radius 2 is 1.59 bits per heavy atom. The molecule has 0 aliphatic heterocycles. The highest BCUT2D eigenvalue weighted by Crippen LogP contribution is 2.24. The van der Waals surface area contributed by atoms with Crippen LogP contribution in [0.3, 0.4) is 0 Å². The van der Waals surface area contributed by atoms with E-state index >= 15 is 0 Å². The molecule has 32 heavy (non-hydrogen) atoms. The summed E-state index contributed by atoms with van der Waals surface area (Å²) in [6.45, 7) is 0. The quantitative estimate of drug-likeness (QED) is 0.461. The summed E-state index contributed by atoms with van der Waals surface area (Å²) in [5.41, 5.74) is 8.29. The molecule has 0 bridgehead atoms. The Kier molecular flexibility index (Phi) is 6.31. The van der Waals surface area contributed by atoms with Crippen LogP contribution in [0.1, 0.15) is 11.1 Å². The van der Waals surface area contributed by atoms with E-state index in [1.165, 1.54) is 12.1 Å². The minimum atomic E-state index is -0.402. The Morgan fingerprint density at radius 1 is 0.875 bits per heavy atom. The summed E-state index contributed by atoms with van der Waals surface area (Å²) >= 11 is 0. The molecular formula is C24H20FN5O2. The molecule has 0 saturated carbocycles. The maximum absolute atomic E-state index is 13.4. The molecular weight excluding hydrogens is 409 g/mol. The minimum Gasteiger partial charge on any atom is -0.273 e. The Balaban J connectivity index is 1.49. The first-order valence-corrected chi connectivity index (χ1v) is 9.95. The van der Waals surface area contributed by atoms with Gasteiger partial charge in [0, 0.05) is 29.7 Å². The maximum Gasteiger partial charge on any atom is 0.242 e. The molecule has 2 N–H and O–H groups in total. The minimum absolute atomic E-state index is 0.0211. The first-order valence-electron chi connectivity index (χ1n) is 9.95. The predicted octanol–water partition coefficient (Wildman–Crippen LogP) is 3.01. The van der Waals surface area contributed by atoms with E-state index in [-0.39, 0.29) is 24.6 Å². The van der Waals surface area contributed by atoms with Gasteiger partial charge in [-0.25, -0.2) is 9.07 Å². The molecule has 2 amide bonds. The van der Waals surface area contributed by atoms with Crippen LogP contribution in [0.2, 0.25) is 0 Å². The first kappa shape index (κ1) is 20.9. The SMILES string of the molecule is O=C(Cc1cccnc1)NNC(=O)Cc1cn(-c2ccccc2)nc1-c1ccc(F)cc1. The van der Waals surface area contributed by atoms with Gasteiger partial charge in [-0.1, -0.05) is 24.3 Å². The van der Waals surface area contributed by atoms with Crippen molar-refractivity contribution in [3.63, 3.8) is 0 Å². The van der Waals surface area contributed by atoms with Crippen LogP contribution in [0.15, 0.2) is 85.3 Å². The number of pyridine rings is 1. The number of carbonyl (C=O) groups excluding carboxylic acids is 2. The summed E-state index contributed by atoms with van der Waals surface area (Å²) in [7, 11) is 0. The van der Waals surface area contributed by atoms with Crippen LogP contribution in [0.4, 0.5) is 4.39 Å². The van der Waals surface area contributed by atoms with Crippen LogP contribution in [0, 0.1) is 5.82 Å². The van der Waals surface area contributed by atoms with E-state index in [1.807, 2.05) is 30.3 Å². The Bertz CT molecular complexity index is 1210. The average Bonchev–Trinajstić information content (AvgIpc) is 3.23. The van der Waals surface area contributed by atoms with Crippen molar-refractivity contribution >= 4 is 11.8 Å². The lowest BCUT2D eigenvalue weighted by Crippen LogP contribution is -2.43. The second-order valence-corrected chi connectivity index (χ2v) is 7.10. The summed E-state index contributed by atoms with van der Waals surface area (Å²) in [5.74, 6) is -1.11. The van der Waals surface area contributed by atoms with Crippen LogP contribution in [0.25, 0.3) is 16.9 Å². The zero-order chi connectivity index (χ0) is 22.3. The number of benzene rings is 2. The van der Waals surface area contributed by atoms with E-state index in [4.69, 9.17) is 0 Å². The van der Waals surface area contributed by atoms with Gasteiger partial charge in [0.25, 0.3) is 0 Å². The van der Waals surface area contributed by atoms with Crippen LogP contribution >= 0.6 is 0 Å². The fourth-order valence-electron chi connectivity index (χ4n) is 3.19. The average molecular weight is 429 g/mol. The Morgan fingerprint density at radius 3 is 2.28 bits per heavy atom. The lowest BCUT2D eigenvalue weighted by Gasteiger charge is -2.07. The van der Waals surface area contributed by atoms with Crippen molar-refractivity contribution in [1.29, 1.82) is 0 Å². The summed E-state index contributed by atoms with van der Waals surface area (Å²) < 4.78 is 15.1. The highest BCUT2D eigenvalue weighted by Gasteiger charge is 2.16. The third-order valence-electron chi connectivity index (χ3n) is 4.71. The standard InChI is InChI=1S/C24H20FN5O2/c25-20-10-8-18(9-11-20)24-19(16-30(29-24)21-6-2-1-3-7-21)14-23(32)28-27-22(31)13-17-5-4-12-26-15-17/h1-12,15-16H,13-14H2,(H,27,31)(H,28,32). The summed E-state index contributed by atoms with van der Waals surface area (Å²) in [5, 5.41) is 4.60. The van der Waals surface area contributed by atoms with Crippen LogP contribution in [0.5, 0.6) is 0 Å². The maximum atomic E-state index is 13.4. The van der Waals surface area contributed by atoms with Gasteiger partial charge in [0.15, 0.2) is 0 Å². The molecule has 160 valence electrons. The molecule has 0 unspecified atom stereocenters. The number of carbonyl (C=O) groups is 2. The number of halogens is 1. The van der Waals surface area contributed by atoms with E-state index in [2.05, 4.69) is 20.9 Å². The van der Waals surface area contributed by atoms with Crippen molar-refractivity contribution in [2.24, 2.45) is 0 Å². The molecule has 0 aliphatic rings. The normalized spacial score (nSPS) is 10.5. The molecule has 2 heterocycles. The monoisotopic (exact) mass is 429 g/mol. The Labute approximate surface area is 183 Å². The molecule has 0 fully saturated rings. The zero-order valence-corrected chi connectivity index (χ0v) is 17.0. The van der Waals surface area contributed by atoms with Crippen molar-refractivity contribution in [1.82, 2.24) is 25.6 Å². The number of hydrogen-bond donors (Lipinski definition) is 2. The largest absolute Gasteiger partial charge is 0.273 e. The molecule has 0 saturated heterocycles. The van der Waals surface area contributed by atoms with E-state index in [9.17, 15) is 14.0 Å². The highest BCUT2D eigenvalue weighted by atomic mass is 19.1. The number of hydrazine groups is 1. The van der Waals surface area contributed by atoms with Crippen molar-refractivity contribution < 1.29 is 14.0 Å². The van der Waals surface area contributed by atoms with Gasteiger partial charge in [0.1, 0.15) is 5.82 Å². The van der Waals surface area contributed by atoms with E-state index in [0.717, 1.165) is 11.3 Å². The van der Waals surface area contributed by atoms with Gasteiger partial charge in [0.2, 0.25) is 11.8 Å². The number of nitrogens with zero attached hydrogens (tertiary/aromatic N) is 3. The lowest BCUT2D eigenvalue weighted by molar-refractivity contribution is -0.128. The van der Waals surface area contributed by atoms with Crippen LogP contribution in [-0.2, 0) is 22.4 Å². The summed E-state index contributed by atoms with van der Waals surface area (Å²) in [6, 6.07) is 18.9. The van der Waals surface area contributed by atoms with Gasteiger partial charge in [0.05, 0.1) is 24.2 Å². The van der Waals surface area contributed by atoms with Gasteiger partial charge in [-0.2, -0.15) is 5.10 Å². The van der Waals surface area contributed by atoms with E-state index in [1.54, 1.807) is 47.5 Å². The van der Waals surface area contributed by atoms with Crippen molar-refractivity contribution in [2.75, 3.05) is 0 Å². The molecule has 0 radical (unpaired) electrons. The topological polar surface area (TPSA) is 88.9 Å². The molecule has 2 aromatic heterocycles. The molecule has 0 atom stereocenters. The molecule has 0 aliphatic carbocycles. The molecule has 2 aromatic carbocycles. The third kappa shape index (κ3) is 5.23. The van der Waals surface area contributed by atoms with Crippen molar-refractivity contribution in [3.05, 3.63) is 102 Å².